The van der Waals surface area contributed by atoms with Gasteiger partial charge in [0.2, 0.25) is 0 Å². The second-order valence-corrected chi connectivity index (χ2v) is 7.81. The van der Waals surface area contributed by atoms with Gasteiger partial charge in [0.1, 0.15) is 16.9 Å². The smallest absolute Gasteiger partial charge is 0.138 e. The molecule has 0 aliphatic carbocycles. The van der Waals surface area contributed by atoms with Crippen LogP contribution >= 0.6 is 0 Å². The second kappa shape index (κ2) is 7.55. The largest absolute Gasteiger partial charge is 0.337 e. The lowest BCUT2D eigenvalue weighted by atomic mass is 10.0. The maximum Gasteiger partial charge on any atom is 0.138 e. The fourth-order valence-corrected chi connectivity index (χ4v) is 3.65. The quantitative estimate of drug-likeness (QED) is 0.422. The van der Waals surface area contributed by atoms with E-state index in [0.717, 1.165) is 45.8 Å². The van der Waals surface area contributed by atoms with Gasteiger partial charge in [-0.05, 0) is 52.5 Å². The zero-order chi connectivity index (χ0) is 20.5. The molecular formula is C24H21N5O. The lowest BCUT2D eigenvalue weighted by Crippen LogP contribution is -1.93. The second-order valence-electron chi connectivity index (χ2n) is 7.81. The van der Waals surface area contributed by atoms with E-state index in [1.807, 2.05) is 30.3 Å². The topological polar surface area (TPSA) is 80.5 Å². The van der Waals surface area contributed by atoms with E-state index < -0.39 is 0 Å². The molecule has 0 spiro atoms. The number of H-pyrrole nitrogens is 1. The van der Waals surface area contributed by atoms with Crippen molar-refractivity contribution in [3.8, 4) is 33.9 Å². The van der Waals surface area contributed by atoms with Crippen LogP contribution in [0, 0.1) is 5.92 Å². The van der Waals surface area contributed by atoms with Crippen molar-refractivity contribution >= 4 is 11.0 Å². The molecule has 30 heavy (non-hydrogen) atoms. The summed E-state index contributed by atoms with van der Waals surface area (Å²) in [6.07, 6.45) is 4.63. The van der Waals surface area contributed by atoms with Crippen LogP contribution in [0.15, 0.2) is 71.6 Å². The Hall–Kier alpha value is -3.80. The van der Waals surface area contributed by atoms with E-state index >= 15 is 0 Å². The summed E-state index contributed by atoms with van der Waals surface area (Å²) >= 11 is 0. The van der Waals surface area contributed by atoms with Crippen LogP contribution in [0.4, 0.5) is 0 Å². The first kappa shape index (κ1) is 18.2. The third-order valence-electron chi connectivity index (χ3n) is 5.07. The summed E-state index contributed by atoms with van der Waals surface area (Å²) in [5.74, 6) is 1.46. The van der Waals surface area contributed by atoms with Crippen molar-refractivity contribution in [2.24, 2.45) is 5.92 Å². The number of aromatic nitrogens is 5. The van der Waals surface area contributed by atoms with E-state index in [9.17, 15) is 0 Å². The molecule has 0 saturated heterocycles. The van der Waals surface area contributed by atoms with Crippen LogP contribution in [0.1, 0.15) is 19.4 Å². The van der Waals surface area contributed by atoms with Gasteiger partial charge in [-0.1, -0.05) is 44.2 Å². The minimum atomic E-state index is 0.630. The standard InChI is InChI=1S/C24H21N5O/c1-15(2)13-16-3-5-18(6-4-16)24-26-22(17-9-11-25-12-10-17)23(27-24)19-7-8-20-21(14-19)29-30-28-20/h3-12,14-15H,13H2,1-2H3,(H,26,27). The minimum absolute atomic E-state index is 0.630. The molecule has 3 heterocycles. The number of aromatic amines is 1. The maximum atomic E-state index is 4.95. The van der Waals surface area contributed by atoms with E-state index in [1.165, 1.54) is 5.56 Å². The molecule has 6 nitrogen and oxygen atoms in total. The SMILES string of the molecule is CC(C)Cc1ccc(-c2nc(-c3ccc4nonc4c3)c(-c3ccncc3)[nH]2)cc1. The van der Waals surface area contributed by atoms with Gasteiger partial charge in [0.25, 0.3) is 0 Å². The van der Waals surface area contributed by atoms with Gasteiger partial charge in [0, 0.05) is 29.1 Å². The number of nitrogens with one attached hydrogen (secondary N) is 1. The van der Waals surface area contributed by atoms with Crippen molar-refractivity contribution in [2.75, 3.05) is 0 Å². The summed E-state index contributed by atoms with van der Waals surface area (Å²) in [5.41, 5.74) is 7.57. The molecule has 2 aromatic carbocycles. The fourth-order valence-electron chi connectivity index (χ4n) is 3.65. The molecule has 0 fully saturated rings. The Bertz CT molecular complexity index is 1290. The number of fused-ring (bicyclic) bond motifs is 1. The number of hydrogen-bond acceptors (Lipinski definition) is 5. The predicted molar refractivity (Wildman–Crippen MR) is 117 cm³/mol. The van der Waals surface area contributed by atoms with E-state index in [4.69, 9.17) is 9.61 Å². The first-order valence-electron chi connectivity index (χ1n) is 10.00. The van der Waals surface area contributed by atoms with Crippen LogP contribution in [-0.2, 0) is 6.42 Å². The van der Waals surface area contributed by atoms with Crippen LogP contribution in [0.2, 0.25) is 0 Å². The Morgan fingerprint density at radius 1 is 0.833 bits per heavy atom. The van der Waals surface area contributed by atoms with Crippen LogP contribution in [0.25, 0.3) is 44.9 Å². The number of imidazole rings is 1. The lowest BCUT2D eigenvalue weighted by Gasteiger charge is -2.05. The van der Waals surface area contributed by atoms with Crippen LogP contribution in [0.3, 0.4) is 0 Å². The van der Waals surface area contributed by atoms with E-state index in [2.05, 4.69) is 58.4 Å². The van der Waals surface area contributed by atoms with E-state index in [1.54, 1.807) is 12.4 Å². The van der Waals surface area contributed by atoms with Gasteiger partial charge in [0.15, 0.2) is 0 Å². The van der Waals surface area contributed by atoms with Gasteiger partial charge in [0.05, 0.1) is 11.4 Å². The Morgan fingerprint density at radius 3 is 2.33 bits per heavy atom. The first-order valence-corrected chi connectivity index (χ1v) is 10.00. The van der Waals surface area contributed by atoms with Gasteiger partial charge >= 0.3 is 0 Å². The number of nitrogens with zero attached hydrogens (tertiary/aromatic N) is 4. The number of hydrogen-bond donors (Lipinski definition) is 1. The Balaban J connectivity index is 1.61. The molecule has 1 N–H and O–H groups in total. The van der Waals surface area contributed by atoms with E-state index in [0.29, 0.717) is 11.4 Å². The zero-order valence-electron chi connectivity index (χ0n) is 16.8. The molecule has 6 heteroatoms. The van der Waals surface area contributed by atoms with Gasteiger partial charge in [-0.25, -0.2) is 9.61 Å². The summed E-state index contributed by atoms with van der Waals surface area (Å²) in [5, 5.41) is 7.86. The summed E-state index contributed by atoms with van der Waals surface area (Å²) in [6.45, 7) is 4.46. The monoisotopic (exact) mass is 395 g/mol. The van der Waals surface area contributed by atoms with Crippen molar-refractivity contribution in [3.05, 3.63) is 72.6 Å². The number of benzene rings is 2. The van der Waals surface area contributed by atoms with Crippen LogP contribution in [-0.4, -0.2) is 25.3 Å². The molecular weight excluding hydrogens is 374 g/mol. The summed E-state index contributed by atoms with van der Waals surface area (Å²) < 4.78 is 4.85. The van der Waals surface area contributed by atoms with Gasteiger partial charge in [-0.15, -0.1) is 0 Å². The Labute approximate surface area is 174 Å². The molecule has 3 aromatic heterocycles. The molecule has 0 unspecified atom stereocenters. The molecule has 0 aliphatic heterocycles. The van der Waals surface area contributed by atoms with Crippen molar-refractivity contribution in [1.82, 2.24) is 25.3 Å². The molecule has 148 valence electrons. The van der Waals surface area contributed by atoms with Crippen molar-refractivity contribution < 1.29 is 4.63 Å². The van der Waals surface area contributed by atoms with E-state index in [-0.39, 0.29) is 0 Å². The summed E-state index contributed by atoms with van der Waals surface area (Å²) in [7, 11) is 0. The Kier molecular flexibility index (Phi) is 4.59. The molecule has 0 saturated carbocycles. The first-order chi connectivity index (χ1) is 14.7. The summed E-state index contributed by atoms with van der Waals surface area (Å²) in [6, 6.07) is 18.4. The third-order valence-corrected chi connectivity index (χ3v) is 5.07. The summed E-state index contributed by atoms with van der Waals surface area (Å²) in [4.78, 5) is 12.6. The zero-order valence-corrected chi connectivity index (χ0v) is 16.8. The number of rotatable bonds is 5. The lowest BCUT2D eigenvalue weighted by molar-refractivity contribution is 0.315. The molecule has 0 radical (unpaired) electrons. The molecule has 5 rings (SSSR count). The van der Waals surface area contributed by atoms with Crippen molar-refractivity contribution in [2.45, 2.75) is 20.3 Å². The van der Waals surface area contributed by atoms with Crippen LogP contribution < -0.4 is 0 Å². The molecule has 0 bridgehead atoms. The Morgan fingerprint density at radius 2 is 1.57 bits per heavy atom. The minimum Gasteiger partial charge on any atom is -0.337 e. The highest BCUT2D eigenvalue weighted by Gasteiger charge is 2.16. The van der Waals surface area contributed by atoms with Crippen molar-refractivity contribution in [1.29, 1.82) is 0 Å². The highest BCUT2D eigenvalue weighted by atomic mass is 16.6. The molecule has 0 aliphatic rings. The normalized spacial score (nSPS) is 11.4. The fraction of sp³-hybridized carbons (Fsp3) is 0.167. The maximum absolute atomic E-state index is 4.95. The van der Waals surface area contributed by atoms with Crippen LogP contribution in [0.5, 0.6) is 0 Å². The van der Waals surface area contributed by atoms with Gasteiger partial charge in [-0.2, -0.15) is 0 Å². The molecule has 0 amide bonds. The van der Waals surface area contributed by atoms with Gasteiger partial charge < -0.3 is 4.98 Å². The average Bonchev–Trinajstić information content (AvgIpc) is 3.41. The third kappa shape index (κ3) is 3.48. The van der Waals surface area contributed by atoms with Crippen molar-refractivity contribution in [3.63, 3.8) is 0 Å². The highest BCUT2D eigenvalue weighted by molar-refractivity contribution is 5.86. The average molecular weight is 395 g/mol. The number of pyridine rings is 1. The molecule has 0 atom stereocenters. The van der Waals surface area contributed by atoms with Gasteiger partial charge in [-0.3, -0.25) is 4.98 Å². The predicted octanol–water partition coefficient (Wildman–Crippen LogP) is 5.54. The molecule has 5 aromatic rings. The highest BCUT2D eigenvalue weighted by Crippen LogP contribution is 2.34.